The van der Waals surface area contributed by atoms with Crippen LogP contribution in [-0.2, 0) is 11.3 Å². The summed E-state index contributed by atoms with van der Waals surface area (Å²) in [5.41, 5.74) is 1.17. The van der Waals surface area contributed by atoms with Crippen LogP contribution in [-0.4, -0.2) is 35.6 Å². The first-order valence-corrected chi connectivity index (χ1v) is 8.48. The average Bonchev–Trinajstić information content (AvgIpc) is 3.02. The Morgan fingerprint density at radius 1 is 1.17 bits per heavy atom. The van der Waals surface area contributed by atoms with Crippen molar-refractivity contribution >= 4 is 11.8 Å². The van der Waals surface area contributed by atoms with Crippen molar-refractivity contribution in [1.82, 2.24) is 15.1 Å². The largest absolute Gasteiger partial charge is 0.381 e. The Morgan fingerprint density at radius 3 is 2.75 bits per heavy atom. The van der Waals surface area contributed by atoms with Crippen LogP contribution in [0.25, 0.3) is 0 Å². The number of carbonyl (C=O) groups is 1. The molecule has 6 nitrogen and oxygen atoms in total. The molecular weight excluding hydrogens is 304 g/mol. The number of hydrogen-bond acceptors (Lipinski definition) is 3. The molecule has 0 radical (unpaired) electrons. The normalized spacial score (nSPS) is 10.5. The molecule has 0 unspecified atom stereocenters. The molecule has 0 atom stereocenters. The van der Waals surface area contributed by atoms with Gasteiger partial charge in [0.1, 0.15) is 0 Å². The van der Waals surface area contributed by atoms with Crippen LogP contribution in [0.5, 0.6) is 0 Å². The Kier molecular flexibility index (Phi) is 7.83. The van der Waals surface area contributed by atoms with E-state index in [1.54, 1.807) is 10.7 Å². The Morgan fingerprint density at radius 2 is 1.96 bits per heavy atom. The standard InChI is InChI=1S/C18H26N4O2/c1-2-3-13-24-14-7-11-19-18(23)20-17-10-12-22(21-17)15-16-8-5-4-6-9-16/h4-6,8-10,12H,2-3,7,11,13-15H2,1H3,(H2,19,20,21,23). The number of rotatable bonds is 10. The zero-order chi connectivity index (χ0) is 17.0. The van der Waals surface area contributed by atoms with Gasteiger partial charge in [-0.25, -0.2) is 4.79 Å². The van der Waals surface area contributed by atoms with Crippen LogP contribution in [0.1, 0.15) is 31.7 Å². The first kappa shape index (κ1) is 18.0. The van der Waals surface area contributed by atoms with E-state index >= 15 is 0 Å². The Labute approximate surface area is 143 Å². The average molecular weight is 330 g/mol. The molecule has 0 aliphatic carbocycles. The van der Waals surface area contributed by atoms with Crippen LogP contribution in [0.4, 0.5) is 10.6 Å². The summed E-state index contributed by atoms with van der Waals surface area (Å²) >= 11 is 0. The Balaban J connectivity index is 1.64. The van der Waals surface area contributed by atoms with Crippen molar-refractivity contribution in [2.75, 3.05) is 25.1 Å². The van der Waals surface area contributed by atoms with E-state index in [4.69, 9.17) is 4.74 Å². The van der Waals surface area contributed by atoms with E-state index in [0.29, 0.717) is 25.5 Å². The third kappa shape index (κ3) is 6.83. The Hall–Kier alpha value is -2.34. The van der Waals surface area contributed by atoms with Gasteiger partial charge < -0.3 is 10.1 Å². The number of nitrogens with zero attached hydrogens (tertiary/aromatic N) is 2. The van der Waals surface area contributed by atoms with E-state index in [1.807, 2.05) is 36.5 Å². The minimum Gasteiger partial charge on any atom is -0.381 e. The molecule has 2 rings (SSSR count). The predicted molar refractivity (Wildman–Crippen MR) is 95.1 cm³/mol. The zero-order valence-corrected chi connectivity index (χ0v) is 14.2. The topological polar surface area (TPSA) is 68.2 Å². The highest BCUT2D eigenvalue weighted by atomic mass is 16.5. The maximum atomic E-state index is 11.8. The number of amides is 2. The van der Waals surface area contributed by atoms with Crippen LogP contribution in [0.3, 0.4) is 0 Å². The van der Waals surface area contributed by atoms with Gasteiger partial charge in [0.2, 0.25) is 0 Å². The lowest BCUT2D eigenvalue weighted by molar-refractivity contribution is 0.129. The maximum Gasteiger partial charge on any atom is 0.320 e. The molecule has 0 aliphatic rings. The van der Waals surface area contributed by atoms with Crippen LogP contribution in [0, 0.1) is 0 Å². The van der Waals surface area contributed by atoms with Gasteiger partial charge in [-0.15, -0.1) is 0 Å². The third-order valence-electron chi connectivity index (χ3n) is 3.46. The zero-order valence-electron chi connectivity index (χ0n) is 14.2. The van der Waals surface area contributed by atoms with E-state index in [9.17, 15) is 4.79 Å². The molecule has 2 N–H and O–H groups in total. The minimum absolute atomic E-state index is 0.242. The lowest BCUT2D eigenvalue weighted by Gasteiger charge is -2.06. The van der Waals surface area contributed by atoms with Crippen molar-refractivity contribution in [3.05, 3.63) is 48.2 Å². The van der Waals surface area contributed by atoms with Crippen molar-refractivity contribution in [3.8, 4) is 0 Å². The third-order valence-corrected chi connectivity index (χ3v) is 3.46. The second kappa shape index (κ2) is 10.4. The summed E-state index contributed by atoms with van der Waals surface area (Å²) in [7, 11) is 0. The van der Waals surface area contributed by atoms with Crippen molar-refractivity contribution in [2.45, 2.75) is 32.7 Å². The fourth-order valence-electron chi connectivity index (χ4n) is 2.17. The monoisotopic (exact) mass is 330 g/mol. The van der Waals surface area contributed by atoms with Gasteiger partial charge in [0.05, 0.1) is 6.54 Å². The molecule has 0 spiro atoms. The molecule has 2 aromatic rings. The number of carbonyl (C=O) groups excluding carboxylic acids is 1. The number of hydrogen-bond donors (Lipinski definition) is 2. The van der Waals surface area contributed by atoms with E-state index in [-0.39, 0.29) is 6.03 Å². The van der Waals surface area contributed by atoms with Gasteiger partial charge in [0.25, 0.3) is 0 Å². The fourth-order valence-corrected chi connectivity index (χ4v) is 2.17. The highest BCUT2D eigenvalue weighted by Crippen LogP contribution is 2.06. The maximum absolute atomic E-state index is 11.8. The molecule has 24 heavy (non-hydrogen) atoms. The summed E-state index contributed by atoms with van der Waals surface area (Å²) < 4.78 is 7.24. The molecule has 0 fully saturated rings. The van der Waals surface area contributed by atoms with Gasteiger partial charge in [-0.2, -0.15) is 5.10 Å². The van der Waals surface area contributed by atoms with Gasteiger partial charge >= 0.3 is 6.03 Å². The lowest BCUT2D eigenvalue weighted by Crippen LogP contribution is -2.30. The van der Waals surface area contributed by atoms with Crippen LogP contribution in [0.15, 0.2) is 42.6 Å². The molecule has 6 heteroatoms. The summed E-state index contributed by atoms with van der Waals surface area (Å²) in [6, 6.07) is 11.6. The smallest absolute Gasteiger partial charge is 0.320 e. The second-order valence-corrected chi connectivity index (χ2v) is 5.58. The first-order valence-electron chi connectivity index (χ1n) is 8.48. The minimum atomic E-state index is -0.242. The van der Waals surface area contributed by atoms with Gasteiger partial charge in [0, 0.05) is 32.0 Å². The van der Waals surface area contributed by atoms with Gasteiger partial charge in [-0.3, -0.25) is 10.00 Å². The molecule has 2 amide bonds. The van der Waals surface area contributed by atoms with Crippen LogP contribution >= 0.6 is 0 Å². The van der Waals surface area contributed by atoms with Gasteiger partial charge in [-0.1, -0.05) is 43.7 Å². The number of urea groups is 1. The van der Waals surface area contributed by atoms with Gasteiger partial charge in [0.15, 0.2) is 5.82 Å². The van der Waals surface area contributed by atoms with Crippen LogP contribution in [0.2, 0.25) is 0 Å². The summed E-state index contributed by atoms with van der Waals surface area (Å²) in [5.74, 6) is 0.544. The van der Waals surface area contributed by atoms with Crippen molar-refractivity contribution in [2.24, 2.45) is 0 Å². The fraction of sp³-hybridized carbons (Fsp3) is 0.444. The van der Waals surface area contributed by atoms with E-state index in [2.05, 4.69) is 22.7 Å². The number of aromatic nitrogens is 2. The van der Waals surface area contributed by atoms with E-state index in [1.165, 1.54) is 5.56 Å². The number of benzene rings is 1. The SMILES string of the molecule is CCCCOCCCNC(=O)Nc1ccn(Cc2ccccc2)n1. The summed E-state index contributed by atoms with van der Waals surface area (Å²) in [6.45, 7) is 4.87. The van der Waals surface area contributed by atoms with Crippen molar-refractivity contribution in [1.29, 1.82) is 0 Å². The summed E-state index contributed by atoms with van der Waals surface area (Å²) in [5, 5.41) is 9.88. The van der Waals surface area contributed by atoms with E-state index < -0.39 is 0 Å². The second-order valence-electron chi connectivity index (χ2n) is 5.58. The van der Waals surface area contributed by atoms with Gasteiger partial charge in [-0.05, 0) is 18.4 Å². The van der Waals surface area contributed by atoms with E-state index in [0.717, 1.165) is 25.9 Å². The molecule has 0 saturated heterocycles. The summed E-state index contributed by atoms with van der Waals surface area (Å²) in [4.78, 5) is 11.8. The van der Waals surface area contributed by atoms with Crippen molar-refractivity contribution < 1.29 is 9.53 Å². The molecule has 0 bridgehead atoms. The number of anilines is 1. The number of ether oxygens (including phenoxy) is 1. The van der Waals surface area contributed by atoms with Crippen molar-refractivity contribution in [3.63, 3.8) is 0 Å². The Bertz CT molecular complexity index is 598. The molecule has 130 valence electrons. The summed E-state index contributed by atoms with van der Waals surface area (Å²) in [6.07, 6.45) is 4.88. The molecule has 0 aliphatic heterocycles. The highest BCUT2D eigenvalue weighted by Gasteiger charge is 2.04. The molecule has 1 heterocycles. The molecule has 1 aromatic heterocycles. The number of nitrogens with one attached hydrogen (secondary N) is 2. The molecular formula is C18H26N4O2. The molecule has 1 aromatic carbocycles. The predicted octanol–water partition coefficient (Wildman–Crippen LogP) is 3.26. The van der Waals surface area contributed by atoms with Crippen LogP contribution < -0.4 is 10.6 Å². The quantitative estimate of drug-likeness (QED) is 0.657. The lowest BCUT2D eigenvalue weighted by atomic mass is 10.2. The highest BCUT2D eigenvalue weighted by molar-refractivity contribution is 5.88. The first-order chi connectivity index (χ1) is 11.8. The molecule has 0 saturated carbocycles. The number of unbranched alkanes of at least 4 members (excludes halogenated alkanes) is 1.